The molecule has 1 aromatic rings. The van der Waals surface area contributed by atoms with E-state index in [1.807, 2.05) is 17.5 Å². The summed E-state index contributed by atoms with van der Waals surface area (Å²) >= 11 is 1.83. The highest BCUT2D eigenvalue weighted by Gasteiger charge is 2.33. The zero-order valence-corrected chi connectivity index (χ0v) is 9.57. The lowest BCUT2D eigenvalue weighted by Gasteiger charge is -2.35. The molecule has 0 atom stereocenters. The summed E-state index contributed by atoms with van der Waals surface area (Å²) in [6, 6.07) is 0. The van der Waals surface area contributed by atoms with Crippen LogP contribution in [0.1, 0.15) is 42.0 Å². The van der Waals surface area contributed by atoms with Crippen molar-refractivity contribution in [3.05, 3.63) is 16.1 Å². The molecule has 78 valence electrons. The van der Waals surface area contributed by atoms with E-state index in [9.17, 15) is 0 Å². The lowest BCUT2D eigenvalue weighted by atomic mass is 9.73. The Hall–Kier alpha value is -0.410. The Morgan fingerprint density at radius 1 is 1.43 bits per heavy atom. The second-order valence-electron chi connectivity index (χ2n) is 4.29. The fourth-order valence-electron chi connectivity index (χ4n) is 2.39. The van der Waals surface area contributed by atoms with Crippen LogP contribution in [0.25, 0.3) is 0 Å². The van der Waals surface area contributed by atoms with Crippen LogP contribution in [0.4, 0.5) is 0 Å². The summed E-state index contributed by atoms with van der Waals surface area (Å²) in [5.74, 6) is 0. The van der Waals surface area contributed by atoms with Crippen molar-refractivity contribution in [1.82, 2.24) is 4.98 Å². The second-order valence-corrected chi connectivity index (χ2v) is 5.52. The van der Waals surface area contributed by atoms with Crippen LogP contribution in [0.15, 0.2) is 6.20 Å². The summed E-state index contributed by atoms with van der Waals surface area (Å²) in [6.07, 6.45) is 8.58. The van der Waals surface area contributed by atoms with Crippen molar-refractivity contribution in [2.45, 2.75) is 44.4 Å². The van der Waals surface area contributed by atoms with E-state index >= 15 is 0 Å². The first-order chi connectivity index (χ1) is 6.77. The van der Waals surface area contributed by atoms with Crippen molar-refractivity contribution in [3.8, 4) is 0 Å². The Labute approximate surface area is 89.5 Å². The monoisotopic (exact) mass is 210 g/mol. The van der Waals surface area contributed by atoms with Crippen LogP contribution in [-0.2, 0) is 5.41 Å². The van der Waals surface area contributed by atoms with Gasteiger partial charge >= 0.3 is 0 Å². The van der Waals surface area contributed by atoms with E-state index in [-0.39, 0.29) is 5.41 Å². The molecule has 1 aliphatic rings. The molecule has 3 heteroatoms. The van der Waals surface area contributed by atoms with Crippen molar-refractivity contribution < 1.29 is 0 Å². The van der Waals surface area contributed by atoms with Crippen LogP contribution in [0.2, 0.25) is 0 Å². The SMILES string of the molecule is Cc1ncc(C2(CN)CCCCC2)s1. The normalized spacial score (nSPS) is 21.0. The molecule has 1 saturated carbocycles. The molecule has 2 rings (SSSR count). The largest absolute Gasteiger partial charge is 0.330 e. The smallest absolute Gasteiger partial charge is 0.0896 e. The molecule has 1 fully saturated rings. The van der Waals surface area contributed by atoms with Gasteiger partial charge in [-0.3, -0.25) is 0 Å². The van der Waals surface area contributed by atoms with E-state index in [1.165, 1.54) is 42.0 Å². The van der Waals surface area contributed by atoms with Gasteiger partial charge in [-0.2, -0.15) is 0 Å². The van der Waals surface area contributed by atoms with Gasteiger partial charge in [0.2, 0.25) is 0 Å². The van der Waals surface area contributed by atoms with Gasteiger partial charge in [0.25, 0.3) is 0 Å². The molecule has 0 aliphatic heterocycles. The summed E-state index contributed by atoms with van der Waals surface area (Å²) < 4.78 is 0. The van der Waals surface area contributed by atoms with Crippen LogP contribution in [0.3, 0.4) is 0 Å². The van der Waals surface area contributed by atoms with Gasteiger partial charge in [-0.25, -0.2) is 4.98 Å². The molecule has 2 nitrogen and oxygen atoms in total. The minimum absolute atomic E-state index is 0.268. The number of nitrogens with two attached hydrogens (primary N) is 1. The number of hydrogen-bond donors (Lipinski definition) is 1. The first-order valence-corrected chi connectivity index (χ1v) is 6.21. The fraction of sp³-hybridized carbons (Fsp3) is 0.727. The van der Waals surface area contributed by atoms with Gasteiger partial charge in [-0.15, -0.1) is 11.3 Å². The van der Waals surface area contributed by atoms with Gasteiger partial charge < -0.3 is 5.73 Å². The Morgan fingerprint density at radius 2 is 2.14 bits per heavy atom. The van der Waals surface area contributed by atoms with E-state index < -0.39 is 0 Å². The molecule has 0 aromatic carbocycles. The molecular weight excluding hydrogens is 192 g/mol. The van der Waals surface area contributed by atoms with Crippen LogP contribution < -0.4 is 5.73 Å². The Balaban J connectivity index is 2.26. The molecule has 0 bridgehead atoms. The van der Waals surface area contributed by atoms with E-state index in [0.29, 0.717) is 0 Å². The van der Waals surface area contributed by atoms with Gasteiger partial charge in [0.05, 0.1) is 5.01 Å². The maximum absolute atomic E-state index is 5.96. The molecule has 0 saturated heterocycles. The zero-order valence-electron chi connectivity index (χ0n) is 8.75. The van der Waals surface area contributed by atoms with Crippen molar-refractivity contribution >= 4 is 11.3 Å². The number of hydrogen-bond acceptors (Lipinski definition) is 3. The van der Waals surface area contributed by atoms with E-state index in [2.05, 4.69) is 11.9 Å². The maximum Gasteiger partial charge on any atom is 0.0896 e. The summed E-state index contributed by atoms with van der Waals surface area (Å²) in [4.78, 5) is 5.76. The predicted molar refractivity (Wildman–Crippen MR) is 60.7 cm³/mol. The van der Waals surface area contributed by atoms with Gasteiger partial charge in [0, 0.05) is 23.0 Å². The summed E-state index contributed by atoms with van der Waals surface area (Å²) in [6.45, 7) is 2.86. The predicted octanol–water partition coefficient (Wildman–Crippen LogP) is 2.61. The third-order valence-corrected chi connectivity index (χ3v) is 4.50. The number of aryl methyl sites for hydroxylation is 1. The van der Waals surface area contributed by atoms with Gasteiger partial charge in [-0.05, 0) is 19.8 Å². The number of nitrogens with zero attached hydrogens (tertiary/aromatic N) is 1. The Bertz CT molecular complexity index is 300. The van der Waals surface area contributed by atoms with Crippen LogP contribution in [0.5, 0.6) is 0 Å². The molecule has 14 heavy (non-hydrogen) atoms. The standard InChI is InChI=1S/C11H18N2S/c1-9-13-7-10(14-9)11(8-12)5-3-2-4-6-11/h7H,2-6,8,12H2,1H3. The highest BCUT2D eigenvalue weighted by atomic mass is 32.1. The molecule has 2 N–H and O–H groups in total. The number of rotatable bonds is 2. The highest BCUT2D eigenvalue weighted by molar-refractivity contribution is 7.11. The molecular formula is C11H18N2S. The maximum atomic E-state index is 5.96. The molecule has 0 amide bonds. The molecule has 1 heterocycles. The topological polar surface area (TPSA) is 38.9 Å². The Kier molecular flexibility index (Phi) is 2.88. The highest BCUT2D eigenvalue weighted by Crippen LogP contribution is 2.40. The zero-order chi connectivity index (χ0) is 10.0. The minimum Gasteiger partial charge on any atom is -0.330 e. The Morgan fingerprint density at radius 3 is 2.64 bits per heavy atom. The number of aromatic nitrogens is 1. The lowest BCUT2D eigenvalue weighted by molar-refractivity contribution is 0.305. The van der Waals surface area contributed by atoms with Gasteiger partial charge in [0.1, 0.15) is 0 Å². The first kappa shape index (κ1) is 10.1. The van der Waals surface area contributed by atoms with E-state index in [1.54, 1.807) is 0 Å². The average Bonchev–Trinajstić information content (AvgIpc) is 2.66. The summed E-state index contributed by atoms with van der Waals surface area (Å²) in [5.41, 5.74) is 6.23. The number of thiazole rings is 1. The van der Waals surface area contributed by atoms with E-state index in [4.69, 9.17) is 5.73 Å². The first-order valence-electron chi connectivity index (χ1n) is 5.40. The van der Waals surface area contributed by atoms with E-state index in [0.717, 1.165) is 6.54 Å². The summed E-state index contributed by atoms with van der Waals surface area (Å²) in [5, 5.41) is 1.17. The average molecular weight is 210 g/mol. The molecule has 0 spiro atoms. The van der Waals surface area contributed by atoms with Crippen LogP contribution >= 0.6 is 11.3 Å². The molecule has 0 unspecified atom stereocenters. The van der Waals surface area contributed by atoms with Crippen LogP contribution in [-0.4, -0.2) is 11.5 Å². The van der Waals surface area contributed by atoms with Gasteiger partial charge in [0.15, 0.2) is 0 Å². The quantitative estimate of drug-likeness (QED) is 0.815. The molecule has 0 radical (unpaired) electrons. The molecule has 1 aromatic heterocycles. The van der Waals surface area contributed by atoms with Crippen molar-refractivity contribution in [2.75, 3.05) is 6.54 Å². The second kappa shape index (κ2) is 3.99. The van der Waals surface area contributed by atoms with Crippen molar-refractivity contribution in [1.29, 1.82) is 0 Å². The van der Waals surface area contributed by atoms with Crippen LogP contribution in [0, 0.1) is 6.92 Å². The molecule has 1 aliphatic carbocycles. The van der Waals surface area contributed by atoms with Gasteiger partial charge in [-0.1, -0.05) is 19.3 Å². The minimum atomic E-state index is 0.268. The third-order valence-electron chi connectivity index (χ3n) is 3.35. The fourth-order valence-corrected chi connectivity index (χ4v) is 3.42. The summed E-state index contributed by atoms with van der Waals surface area (Å²) in [7, 11) is 0. The lowest BCUT2D eigenvalue weighted by Crippen LogP contribution is -2.36. The van der Waals surface area contributed by atoms with Crippen molar-refractivity contribution in [2.24, 2.45) is 5.73 Å². The van der Waals surface area contributed by atoms with Crippen molar-refractivity contribution in [3.63, 3.8) is 0 Å². The third kappa shape index (κ3) is 1.71.